The summed E-state index contributed by atoms with van der Waals surface area (Å²) >= 11 is 0. The number of nitrogens with zero attached hydrogens (tertiary/aromatic N) is 3. The van der Waals surface area contributed by atoms with Crippen molar-refractivity contribution in [2.45, 2.75) is 71.8 Å². The number of carbonyl (C=O) groups is 1. The maximum absolute atomic E-state index is 13.9. The van der Waals surface area contributed by atoms with Crippen LogP contribution in [0, 0.1) is 0 Å². The smallest absolute Gasteiger partial charge is 0.420 e. The van der Waals surface area contributed by atoms with E-state index in [1.165, 1.54) is 4.68 Å². The second-order valence-corrected chi connectivity index (χ2v) is 9.80. The third-order valence-electron chi connectivity index (χ3n) is 6.07. The predicted octanol–water partition coefficient (Wildman–Crippen LogP) is 4.92. The molecule has 0 spiro atoms. The largest absolute Gasteiger partial charge is 0.437 e. The number of halogens is 3. The molecule has 1 amide bonds. The van der Waals surface area contributed by atoms with Crippen molar-refractivity contribution in [3.05, 3.63) is 70.2 Å². The van der Waals surface area contributed by atoms with E-state index in [9.17, 15) is 28.2 Å². The van der Waals surface area contributed by atoms with Gasteiger partial charge in [-0.1, -0.05) is 38.1 Å². The molecule has 2 aromatic heterocycles. The zero-order valence-corrected chi connectivity index (χ0v) is 22.1. The molecule has 1 aromatic carbocycles. The van der Waals surface area contributed by atoms with Crippen LogP contribution in [-0.4, -0.2) is 37.5 Å². The van der Waals surface area contributed by atoms with Crippen molar-refractivity contribution in [1.29, 1.82) is 0 Å². The SMILES string of the molecule is CCc1ccc(C(CO)NC(=O)c2nn(C(C)(C)C)c(Oc3cncc(CO)c3C(F)(F)F)c2CC)cc1. The number of hydrogen-bond acceptors (Lipinski definition) is 6. The second kappa shape index (κ2) is 11.5. The summed E-state index contributed by atoms with van der Waals surface area (Å²) in [5.41, 5.74) is -0.296. The van der Waals surface area contributed by atoms with E-state index in [1.54, 1.807) is 27.7 Å². The number of pyridine rings is 1. The molecule has 3 N–H and O–H groups in total. The molecule has 0 fully saturated rings. The number of ether oxygens (including phenoxy) is 1. The number of aryl methyl sites for hydroxylation is 1. The first-order valence-electron chi connectivity index (χ1n) is 12.3. The Kier molecular flexibility index (Phi) is 8.83. The van der Waals surface area contributed by atoms with E-state index in [0.29, 0.717) is 5.56 Å². The van der Waals surface area contributed by atoms with Crippen LogP contribution in [0.3, 0.4) is 0 Å². The van der Waals surface area contributed by atoms with E-state index in [4.69, 9.17) is 4.74 Å². The van der Waals surface area contributed by atoms with Crippen molar-refractivity contribution >= 4 is 5.91 Å². The molecule has 0 bridgehead atoms. The van der Waals surface area contributed by atoms with E-state index < -0.39 is 47.1 Å². The Bertz CT molecular complexity index is 1270. The van der Waals surface area contributed by atoms with Crippen LogP contribution >= 0.6 is 0 Å². The highest BCUT2D eigenvalue weighted by molar-refractivity contribution is 5.94. The average molecular weight is 535 g/mol. The van der Waals surface area contributed by atoms with Gasteiger partial charge in [-0.3, -0.25) is 9.78 Å². The molecule has 0 aliphatic rings. The molecule has 3 rings (SSSR count). The number of benzene rings is 1. The summed E-state index contributed by atoms with van der Waals surface area (Å²) < 4.78 is 48.9. The Morgan fingerprint density at radius 3 is 2.24 bits per heavy atom. The quantitative estimate of drug-likeness (QED) is 0.359. The van der Waals surface area contributed by atoms with Crippen LogP contribution in [0.15, 0.2) is 36.7 Å². The van der Waals surface area contributed by atoms with Crippen molar-refractivity contribution in [2.24, 2.45) is 0 Å². The fraction of sp³-hybridized carbons (Fsp3) is 0.444. The number of amides is 1. The monoisotopic (exact) mass is 534 g/mol. The molecule has 0 aliphatic carbocycles. The number of nitrogens with one attached hydrogen (secondary N) is 1. The summed E-state index contributed by atoms with van der Waals surface area (Å²) in [6.07, 6.45) is -1.91. The average Bonchev–Trinajstić information content (AvgIpc) is 3.25. The predicted molar refractivity (Wildman–Crippen MR) is 135 cm³/mol. The summed E-state index contributed by atoms with van der Waals surface area (Å²) in [5, 5.41) is 26.7. The van der Waals surface area contributed by atoms with Crippen molar-refractivity contribution in [3.8, 4) is 11.6 Å². The van der Waals surface area contributed by atoms with E-state index >= 15 is 0 Å². The summed E-state index contributed by atoms with van der Waals surface area (Å²) in [6.45, 7) is 7.82. The minimum absolute atomic E-state index is 0.0270. The number of aliphatic hydroxyl groups is 2. The fourth-order valence-electron chi connectivity index (χ4n) is 4.05. The van der Waals surface area contributed by atoms with E-state index in [0.717, 1.165) is 24.4 Å². The normalized spacial score (nSPS) is 12.9. The van der Waals surface area contributed by atoms with Crippen LogP contribution in [0.4, 0.5) is 13.2 Å². The number of alkyl halides is 3. The summed E-state index contributed by atoms with van der Waals surface area (Å²) in [7, 11) is 0. The lowest BCUT2D eigenvalue weighted by Gasteiger charge is -2.23. The van der Waals surface area contributed by atoms with Gasteiger partial charge in [0, 0.05) is 17.3 Å². The van der Waals surface area contributed by atoms with Gasteiger partial charge >= 0.3 is 6.18 Å². The summed E-state index contributed by atoms with van der Waals surface area (Å²) in [5.74, 6) is -1.26. The number of rotatable bonds is 9. The molecule has 1 unspecified atom stereocenters. The van der Waals surface area contributed by atoms with Crippen molar-refractivity contribution < 1.29 is 32.9 Å². The molecule has 2 heterocycles. The molecule has 206 valence electrons. The minimum atomic E-state index is -4.82. The molecule has 0 saturated carbocycles. The van der Waals surface area contributed by atoms with Crippen LogP contribution in [0.5, 0.6) is 11.6 Å². The number of hydrogen-bond donors (Lipinski definition) is 3. The van der Waals surface area contributed by atoms with Crippen LogP contribution in [0.2, 0.25) is 0 Å². The fourth-order valence-corrected chi connectivity index (χ4v) is 4.05. The van der Waals surface area contributed by atoms with Crippen LogP contribution in [0.25, 0.3) is 0 Å². The standard InChI is InChI=1S/C27H33F3N4O4/c1-6-16-8-10-17(11-9-16)20(15-36)32-24(37)23-19(7-2)25(34(33-23)26(3,4)5)38-21-13-31-12-18(14-35)22(21)27(28,29)30/h8-13,20,35-36H,6-7,14-15H2,1-5H3,(H,32,37). The molecule has 8 nitrogen and oxygen atoms in total. The Morgan fingerprint density at radius 2 is 1.74 bits per heavy atom. The van der Waals surface area contributed by atoms with Crippen molar-refractivity contribution in [2.75, 3.05) is 6.61 Å². The molecule has 1 atom stereocenters. The summed E-state index contributed by atoms with van der Waals surface area (Å²) in [6, 6.07) is 6.75. The van der Waals surface area contributed by atoms with Crippen molar-refractivity contribution in [3.63, 3.8) is 0 Å². The van der Waals surface area contributed by atoms with Gasteiger partial charge in [-0.15, -0.1) is 0 Å². The molecule has 38 heavy (non-hydrogen) atoms. The maximum Gasteiger partial charge on any atom is 0.420 e. The molecule has 11 heteroatoms. The van der Waals surface area contributed by atoms with Gasteiger partial charge in [-0.25, -0.2) is 4.68 Å². The first-order chi connectivity index (χ1) is 17.8. The molecule has 0 saturated heterocycles. The topological polar surface area (TPSA) is 110 Å². The van der Waals surface area contributed by atoms with Crippen LogP contribution < -0.4 is 10.1 Å². The van der Waals surface area contributed by atoms with E-state index in [2.05, 4.69) is 15.4 Å². The Labute approximate surface area is 219 Å². The first kappa shape index (κ1) is 29.1. The highest BCUT2D eigenvalue weighted by Gasteiger charge is 2.39. The first-order valence-corrected chi connectivity index (χ1v) is 12.3. The Hall–Kier alpha value is -3.44. The van der Waals surface area contributed by atoms with Gasteiger partial charge in [0.1, 0.15) is 5.56 Å². The van der Waals surface area contributed by atoms with Crippen molar-refractivity contribution in [1.82, 2.24) is 20.1 Å². The highest BCUT2D eigenvalue weighted by atomic mass is 19.4. The third-order valence-corrected chi connectivity index (χ3v) is 6.07. The van der Waals surface area contributed by atoms with Crippen LogP contribution in [0.1, 0.15) is 79.0 Å². The second-order valence-electron chi connectivity index (χ2n) is 9.80. The lowest BCUT2D eigenvalue weighted by molar-refractivity contribution is -0.139. The van der Waals surface area contributed by atoms with Gasteiger partial charge in [-0.05, 0) is 44.7 Å². The molecule has 3 aromatic rings. The zero-order chi connectivity index (χ0) is 28.3. The molecular weight excluding hydrogens is 501 g/mol. The van der Waals surface area contributed by atoms with Gasteiger partial charge in [0.25, 0.3) is 5.91 Å². The maximum atomic E-state index is 13.9. The van der Waals surface area contributed by atoms with Gasteiger partial charge in [-0.2, -0.15) is 18.3 Å². The van der Waals surface area contributed by atoms with Gasteiger partial charge in [0.05, 0.1) is 31.0 Å². The minimum Gasteiger partial charge on any atom is -0.437 e. The highest BCUT2D eigenvalue weighted by Crippen LogP contribution is 2.42. The lowest BCUT2D eigenvalue weighted by Crippen LogP contribution is -2.32. The molecule has 0 radical (unpaired) electrons. The Morgan fingerprint density at radius 1 is 1.08 bits per heavy atom. The number of carbonyl (C=O) groups excluding carboxylic acids is 1. The molecular formula is C27H33F3N4O4. The van der Waals surface area contributed by atoms with Crippen LogP contribution in [-0.2, 0) is 31.2 Å². The third kappa shape index (κ3) is 6.16. The van der Waals surface area contributed by atoms with Gasteiger partial charge < -0.3 is 20.3 Å². The zero-order valence-electron chi connectivity index (χ0n) is 22.1. The van der Waals surface area contributed by atoms with E-state index in [1.807, 2.05) is 31.2 Å². The van der Waals surface area contributed by atoms with Gasteiger partial charge in [0.2, 0.25) is 5.88 Å². The van der Waals surface area contributed by atoms with Gasteiger partial charge in [0.15, 0.2) is 11.4 Å². The number of aliphatic hydroxyl groups excluding tert-OH is 2. The Balaban J connectivity index is 2.07. The molecule has 0 aliphatic heterocycles. The number of aromatic nitrogens is 3. The summed E-state index contributed by atoms with van der Waals surface area (Å²) in [4.78, 5) is 17.2. The lowest BCUT2D eigenvalue weighted by atomic mass is 10.0. The van der Waals surface area contributed by atoms with E-state index in [-0.39, 0.29) is 30.2 Å².